The van der Waals surface area contributed by atoms with E-state index < -0.39 is 5.97 Å². The largest absolute Gasteiger partial charge is 0.477 e. The highest BCUT2D eigenvalue weighted by Gasteiger charge is 2.27. The number of likely N-dealkylation sites (tertiary alicyclic amines) is 1. The van der Waals surface area contributed by atoms with Crippen molar-refractivity contribution in [3.63, 3.8) is 0 Å². The van der Waals surface area contributed by atoms with Gasteiger partial charge in [-0.15, -0.1) is 11.3 Å². The van der Waals surface area contributed by atoms with Crippen LogP contribution in [0.15, 0.2) is 12.1 Å². The number of amides is 1. The van der Waals surface area contributed by atoms with Gasteiger partial charge in [-0.3, -0.25) is 4.79 Å². The zero-order chi connectivity index (χ0) is 13.1. The molecule has 1 atom stereocenters. The van der Waals surface area contributed by atoms with Crippen molar-refractivity contribution in [2.45, 2.75) is 26.2 Å². The van der Waals surface area contributed by atoms with Crippen molar-refractivity contribution in [1.82, 2.24) is 4.90 Å². The summed E-state index contributed by atoms with van der Waals surface area (Å²) in [5, 5.41) is 8.84. The fourth-order valence-electron chi connectivity index (χ4n) is 2.38. The van der Waals surface area contributed by atoms with E-state index in [1.807, 2.05) is 4.90 Å². The predicted molar refractivity (Wildman–Crippen MR) is 70.2 cm³/mol. The number of aromatic carboxylic acids is 1. The topological polar surface area (TPSA) is 57.6 Å². The van der Waals surface area contributed by atoms with Crippen LogP contribution in [0.2, 0.25) is 0 Å². The van der Waals surface area contributed by atoms with E-state index in [0.717, 1.165) is 43.7 Å². The van der Waals surface area contributed by atoms with Crippen molar-refractivity contribution in [3.8, 4) is 0 Å². The number of carboxylic acids is 1. The van der Waals surface area contributed by atoms with Gasteiger partial charge >= 0.3 is 5.97 Å². The van der Waals surface area contributed by atoms with E-state index in [1.54, 1.807) is 6.07 Å². The summed E-state index contributed by atoms with van der Waals surface area (Å²) in [6.07, 6.45) is 3.38. The Labute approximate surface area is 110 Å². The van der Waals surface area contributed by atoms with Crippen LogP contribution < -0.4 is 0 Å². The smallest absolute Gasteiger partial charge is 0.345 e. The van der Waals surface area contributed by atoms with Crippen LogP contribution in [0.5, 0.6) is 0 Å². The number of carboxylic acid groups (broad SMARTS) is 1. The molecule has 2 heterocycles. The van der Waals surface area contributed by atoms with E-state index in [9.17, 15) is 9.59 Å². The van der Waals surface area contributed by atoms with Crippen LogP contribution in [0, 0.1) is 5.92 Å². The minimum Gasteiger partial charge on any atom is -0.477 e. The number of rotatable bonds is 4. The average molecular weight is 267 g/mol. The maximum Gasteiger partial charge on any atom is 0.345 e. The Morgan fingerprint density at radius 3 is 2.78 bits per heavy atom. The first-order valence-electron chi connectivity index (χ1n) is 6.24. The second kappa shape index (κ2) is 5.52. The standard InChI is InChI=1S/C13H17NO3S/c1-2-3-9-6-7-14(8-9)12(15)10-4-5-11(18-10)13(16)17/h4-5,9H,2-3,6-8H2,1H3,(H,16,17). The number of hydrogen-bond donors (Lipinski definition) is 1. The fourth-order valence-corrected chi connectivity index (χ4v) is 3.20. The minimum absolute atomic E-state index is 0.0221. The van der Waals surface area contributed by atoms with Crippen LogP contribution in [0.25, 0.3) is 0 Å². The number of thiophene rings is 1. The average Bonchev–Trinajstić information content (AvgIpc) is 2.97. The van der Waals surface area contributed by atoms with E-state index in [2.05, 4.69) is 6.92 Å². The van der Waals surface area contributed by atoms with Gasteiger partial charge in [-0.25, -0.2) is 4.79 Å². The Balaban J connectivity index is 2.01. The van der Waals surface area contributed by atoms with Crippen LogP contribution >= 0.6 is 11.3 Å². The summed E-state index contributed by atoms with van der Waals surface area (Å²) in [4.78, 5) is 25.6. The van der Waals surface area contributed by atoms with E-state index in [-0.39, 0.29) is 10.8 Å². The van der Waals surface area contributed by atoms with Gasteiger partial charge in [0.25, 0.3) is 5.91 Å². The first-order valence-corrected chi connectivity index (χ1v) is 7.06. The summed E-state index contributed by atoms with van der Waals surface area (Å²) in [6.45, 7) is 3.76. The summed E-state index contributed by atoms with van der Waals surface area (Å²) >= 11 is 1.06. The monoisotopic (exact) mass is 267 g/mol. The highest BCUT2D eigenvalue weighted by molar-refractivity contribution is 7.15. The molecule has 0 aliphatic carbocycles. The molecule has 1 aromatic heterocycles. The SMILES string of the molecule is CCCC1CCN(C(=O)c2ccc(C(=O)O)s2)C1. The fraction of sp³-hybridized carbons (Fsp3) is 0.538. The predicted octanol–water partition coefficient (Wildman–Crippen LogP) is 2.71. The molecule has 18 heavy (non-hydrogen) atoms. The Morgan fingerprint density at radius 2 is 2.17 bits per heavy atom. The molecular weight excluding hydrogens is 250 g/mol. The van der Waals surface area contributed by atoms with Crippen LogP contribution in [0.3, 0.4) is 0 Å². The van der Waals surface area contributed by atoms with E-state index in [1.165, 1.54) is 6.07 Å². The van der Waals surface area contributed by atoms with Gasteiger partial charge in [-0.1, -0.05) is 13.3 Å². The second-order valence-corrected chi connectivity index (χ2v) is 5.75. The van der Waals surface area contributed by atoms with Gasteiger partial charge < -0.3 is 10.0 Å². The molecule has 2 rings (SSSR count). The van der Waals surface area contributed by atoms with Crippen molar-refractivity contribution in [3.05, 3.63) is 21.9 Å². The zero-order valence-electron chi connectivity index (χ0n) is 10.4. The molecule has 1 saturated heterocycles. The number of hydrogen-bond acceptors (Lipinski definition) is 3. The summed E-state index contributed by atoms with van der Waals surface area (Å²) < 4.78 is 0. The molecule has 98 valence electrons. The molecule has 1 aromatic rings. The van der Waals surface area contributed by atoms with Crippen LogP contribution in [-0.2, 0) is 0 Å². The van der Waals surface area contributed by atoms with Crippen molar-refractivity contribution < 1.29 is 14.7 Å². The highest BCUT2D eigenvalue weighted by atomic mass is 32.1. The van der Waals surface area contributed by atoms with Crippen LogP contribution in [-0.4, -0.2) is 35.0 Å². The Kier molecular flexibility index (Phi) is 4.01. The second-order valence-electron chi connectivity index (χ2n) is 4.66. The number of nitrogens with zero attached hydrogens (tertiary/aromatic N) is 1. The van der Waals surface area contributed by atoms with Gasteiger partial charge in [-0.2, -0.15) is 0 Å². The van der Waals surface area contributed by atoms with Crippen molar-refractivity contribution >= 4 is 23.2 Å². The lowest BCUT2D eigenvalue weighted by Crippen LogP contribution is -2.27. The molecule has 4 nitrogen and oxygen atoms in total. The molecule has 1 aliphatic rings. The Hall–Kier alpha value is -1.36. The molecule has 1 amide bonds. The van der Waals surface area contributed by atoms with Gasteiger partial charge in [0.15, 0.2) is 0 Å². The third kappa shape index (κ3) is 2.72. The highest BCUT2D eigenvalue weighted by Crippen LogP contribution is 2.25. The van der Waals surface area contributed by atoms with Crippen molar-refractivity contribution in [2.75, 3.05) is 13.1 Å². The molecule has 0 bridgehead atoms. The lowest BCUT2D eigenvalue weighted by atomic mass is 10.0. The van der Waals surface area contributed by atoms with Gasteiger partial charge in [0.1, 0.15) is 4.88 Å². The van der Waals surface area contributed by atoms with Gasteiger partial charge in [0, 0.05) is 13.1 Å². The normalized spacial score (nSPS) is 19.2. The Morgan fingerprint density at radius 1 is 1.44 bits per heavy atom. The molecule has 0 spiro atoms. The Bertz CT molecular complexity index is 455. The molecule has 0 saturated carbocycles. The van der Waals surface area contributed by atoms with E-state index in [0.29, 0.717) is 10.8 Å². The lowest BCUT2D eigenvalue weighted by molar-refractivity contribution is 0.0701. The quantitative estimate of drug-likeness (QED) is 0.912. The molecule has 0 aromatic carbocycles. The van der Waals surface area contributed by atoms with Crippen LogP contribution in [0.4, 0.5) is 0 Å². The molecule has 1 fully saturated rings. The molecule has 1 aliphatic heterocycles. The molecule has 1 N–H and O–H groups in total. The van der Waals surface area contributed by atoms with Crippen molar-refractivity contribution in [1.29, 1.82) is 0 Å². The summed E-state index contributed by atoms with van der Waals surface area (Å²) in [5.41, 5.74) is 0. The first kappa shape index (κ1) is 13.1. The van der Waals surface area contributed by atoms with Gasteiger partial charge in [-0.05, 0) is 30.9 Å². The van der Waals surface area contributed by atoms with Crippen LogP contribution in [0.1, 0.15) is 45.5 Å². The molecule has 0 radical (unpaired) electrons. The molecule has 1 unspecified atom stereocenters. The first-order chi connectivity index (χ1) is 8.61. The number of carbonyl (C=O) groups excluding carboxylic acids is 1. The summed E-state index contributed by atoms with van der Waals surface area (Å²) in [7, 11) is 0. The maximum absolute atomic E-state index is 12.2. The lowest BCUT2D eigenvalue weighted by Gasteiger charge is -2.15. The van der Waals surface area contributed by atoms with E-state index in [4.69, 9.17) is 5.11 Å². The third-order valence-corrected chi connectivity index (χ3v) is 4.36. The zero-order valence-corrected chi connectivity index (χ0v) is 11.2. The third-order valence-electron chi connectivity index (χ3n) is 3.30. The van der Waals surface area contributed by atoms with Gasteiger partial charge in [0.2, 0.25) is 0 Å². The number of carbonyl (C=O) groups is 2. The minimum atomic E-state index is -0.968. The van der Waals surface area contributed by atoms with E-state index >= 15 is 0 Å². The molecular formula is C13H17NO3S. The van der Waals surface area contributed by atoms with Crippen molar-refractivity contribution in [2.24, 2.45) is 5.92 Å². The summed E-state index contributed by atoms with van der Waals surface area (Å²) in [6, 6.07) is 3.11. The maximum atomic E-state index is 12.2. The van der Waals surface area contributed by atoms with Gasteiger partial charge in [0.05, 0.1) is 4.88 Å². The molecule has 5 heteroatoms. The summed E-state index contributed by atoms with van der Waals surface area (Å²) in [5.74, 6) is -0.381.